The van der Waals surface area contributed by atoms with Gasteiger partial charge in [-0.1, -0.05) is 0 Å². The Balaban J connectivity index is 3.63. The van der Waals surface area contributed by atoms with E-state index in [4.69, 9.17) is 13.9 Å². The lowest BCUT2D eigenvalue weighted by Gasteiger charge is -2.23. The highest BCUT2D eigenvalue weighted by Gasteiger charge is 2.19. The minimum Gasteiger partial charge on any atom is -0.372 e. The summed E-state index contributed by atoms with van der Waals surface area (Å²) >= 11 is 0. The molecule has 0 atom stereocenters. The predicted octanol–water partition coefficient (Wildman–Crippen LogP) is 1.41. The van der Waals surface area contributed by atoms with Gasteiger partial charge >= 0.3 is 0 Å². The summed E-state index contributed by atoms with van der Waals surface area (Å²) in [6.07, 6.45) is 0. The van der Waals surface area contributed by atoms with E-state index in [-0.39, 0.29) is 0 Å². The van der Waals surface area contributed by atoms with Crippen molar-refractivity contribution in [3.05, 3.63) is 0 Å². The maximum Gasteiger partial charge on any atom is 0.261 e. The normalized spacial score (nSPS) is 12.6. The summed E-state index contributed by atoms with van der Waals surface area (Å²) in [6, 6.07) is 0. The van der Waals surface area contributed by atoms with Gasteiger partial charge in [0.1, 0.15) is 0 Å². The van der Waals surface area contributed by atoms with Gasteiger partial charge < -0.3 is 13.9 Å². The van der Waals surface area contributed by atoms with Gasteiger partial charge in [-0.25, -0.2) is 0 Å². The van der Waals surface area contributed by atoms with Gasteiger partial charge in [-0.15, -0.1) is 0 Å². The van der Waals surface area contributed by atoms with Crippen LogP contribution in [-0.2, 0) is 13.9 Å². The molecule has 0 rings (SSSR count). The number of methoxy groups -OCH3 is 2. The molecule has 4 heteroatoms. The van der Waals surface area contributed by atoms with Crippen LogP contribution in [0, 0.1) is 0 Å². The maximum absolute atomic E-state index is 5.43. The van der Waals surface area contributed by atoms with E-state index in [2.05, 4.69) is 19.6 Å². The summed E-state index contributed by atoms with van der Waals surface area (Å²) in [4.78, 5) is 0. The van der Waals surface area contributed by atoms with Crippen LogP contribution in [0.4, 0.5) is 0 Å². The van der Waals surface area contributed by atoms with Crippen LogP contribution in [0.1, 0.15) is 0 Å². The zero-order chi connectivity index (χ0) is 8.20. The fraction of sp³-hybridized carbons (Fsp3) is 1.00. The van der Waals surface area contributed by atoms with Crippen molar-refractivity contribution < 1.29 is 13.9 Å². The maximum atomic E-state index is 5.43. The lowest BCUT2D eigenvalue weighted by molar-refractivity contribution is -0.224. The van der Waals surface area contributed by atoms with Crippen molar-refractivity contribution >= 4 is 8.32 Å². The van der Waals surface area contributed by atoms with E-state index in [1.807, 2.05) is 0 Å². The van der Waals surface area contributed by atoms with Gasteiger partial charge in [0.05, 0.1) is 0 Å². The third kappa shape index (κ3) is 4.93. The third-order valence-corrected chi connectivity index (χ3v) is 1.73. The van der Waals surface area contributed by atoms with Gasteiger partial charge in [-0.2, -0.15) is 0 Å². The molecule has 3 nitrogen and oxygen atoms in total. The van der Waals surface area contributed by atoms with Gasteiger partial charge in [-0.3, -0.25) is 0 Å². The highest BCUT2D eigenvalue weighted by molar-refractivity contribution is 6.69. The first-order chi connectivity index (χ1) is 4.49. The number of rotatable bonds is 4. The second-order valence-corrected chi connectivity index (χ2v) is 7.45. The summed E-state index contributed by atoms with van der Waals surface area (Å²) in [5.41, 5.74) is 0. The van der Waals surface area contributed by atoms with E-state index in [0.29, 0.717) is 0 Å². The Labute approximate surface area is 63.4 Å². The van der Waals surface area contributed by atoms with Crippen LogP contribution < -0.4 is 0 Å². The quantitative estimate of drug-likeness (QED) is 0.464. The molecular weight excluding hydrogens is 148 g/mol. The molecule has 0 bridgehead atoms. The molecule has 0 aromatic heterocycles. The Morgan fingerprint density at radius 1 is 1.00 bits per heavy atom. The molecule has 0 aromatic carbocycles. The van der Waals surface area contributed by atoms with Crippen LogP contribution in [0.25, 0.3) is 0 Å². The van der Waals surface area contributed by atoms with Gasteiger partial charge in [0.15, 0.2) is 8.32 Å². The molecule has 0 heterocycles. The van der Waals surface area contributed by atoms with Crippen LogP contribution in [0.5, 0.6) is 0 Å². The Bertz CT molecular complexity index is 85.5. The van der Waals surface area contributed by atoms with Crippen LogP contribution in [-0.4, -0.2) is 29.0 Å². The fourth-order valence-corrected chi connectivity index (χ4v) is 1.25. The fourth-order valence-electron chi connectivity index (χ4n) is 0.481. The third-order valence-electron chi connectivity index (χ3n) is 0.835. The molecule has 0 N–H and O–H groups in total. The molecular formula is C6H16O3Si. The van der Waals surface area contributed by atoms with Crippen LogP contribution in [0.3, 0.4) is 0 Å². The number of ether oxygens (including phenoxy) is 2. The molecule has 0 amide bonds. The Kier molecular flexibility index (Phi) is 4.11. The standard InChI is InChI=1S/C6H16O3Si/c1-7-6(8-2)9-10(3,4)5/h6H,1-5H3. The van der Waals surface area contributed by atoms with Crippen molar-refractivity contribution in [2.45, 2.75) is 26.1 Å². The summed E-state index contributed by atoms with van der Waals surface area (Å²) in [7, 11) is 1.62. The van der Waals surface area contributed by atoms with E-state index in [1.54, 1.807) is 14.2 Å². The average Bonchev–Trinajstić information content (AvgIpc) is 1.81. The van der Waals surface area contributed by atoms with E-state index in [1.165, 1.54) is 0 Å². The molecule has 0 saturated carbocycles. The molecule has 0 saturated heterocycles. The van der Waals surface area contributed by atoms with Crippen LogP contribution >= 0.6 is 0 Å². The largest absolute Gasteiger partial charge is 0.372 e. The first-order valence-corrected chi connectivity index (χ1v) is 6.64. The zero-order valence-electron chi connectivity index (χ0n) is 7.30. The number of hydrogen-bond acceptors (Lipinski definition) is 3. The van der Waals surface area contributed by atoms with E-state index < -0.39 is 14.8 Å². The van der Waals surface area contributed by atoms with E-state index >= 15 is 0 Å². The Hall–Kier alpha value is 0.0969. The SMILES string of the molecule is COC(OC)O[Si](C)(C)C. The molecule has 10 heavy (non-hydrogen) atoms. The first-order valence-electron chi connectivity index (χ1n) is 3.23. The van der Waals surface area contributed by atoms with Crippen molar-refractivity contribution in [3.63, 3.8) is 0 Å². The highest BCUT2D eigenvalue weighted by atomic mass is 28.4. The van der Waals surface area contributed by atoms with Crippen molar-refractivity contribution in [2.24, 2.45) is 0 Å². The minimum atomic E-state index is -1.51. The summed E-state index contributed by atoms with van der Waals surface area (Å²) in [5.74, 6) is 0. The van der Waals surface area contributed by atoms with Gasteiger partial charge in [0.2, 0.25) is 0 Å². The average molecular weight is 164 g/mol. The summed E-state index contributed by atoms with van der Waals surface area (Å²) < 4.78 is 15.2. The molecule has 0 aromatic rings. The molecule has 62 valence electrons. The molecule has 0 spiro atoms. The monoisotopic (exact) mass is 164 g/mol. The number of hydrogen-bond donors (Lipinski definition) is 0. The molecule has 0 unspecified atom stereocenters. The molecule has 0 aliphatic rings. The van der Waals surface area contributed by atoms with Crippen molar-refractivity contribution in [1.82, 2.24) is 0 Å². The summed E-state index contributed by atoms with van der Waals surface area (Å²) in [5, 5.41) is 0. The van der Waals surface area contributed by atoms with E-state index in [0.717, 1.165) is 0 Å². The van der Waals surface area contributed by atoms with Gasteiger partial charge in [-0.05, 0) is 19.6 Å². The Morgan fingerprint density at radius 2 is 1.40 bits per heavy atom. The van der Waals surface area contributed by atoms with Gasteiger partial charge in [0, 0.05) is 14.2 Å². The predicted molar refractivity (Wildman–Crippen MR) is 42.2 cm³/mol. The lowest BCUT2D eigenvalue weighted by Crippen LogP contribution is -2.33. The lowest BCUT2D eigenvalue weighted by atomic mass is 11.2. The molecule has 0 aliphatic heterocycles. The Morgan fingerprint density at radius 3 is 1.50 bits per heavy atom. The summed E-state index contributed by atoms with van der Waals surface area (Å²) in [6.45, 7) is 5.75. The smallest absolute Gasteiger partial charge is 0.261 e. The zero-order valence-corrected chi connectivity index (χ0v) is 8.30. The molecule has 0 radical (unpaired) electrons. The van der Waals surface area contributed by atoms with Gasteiger partial charge in [0.25, 0.3) is 6.48 Å². The molecule has 0 aliphatic carbocycles. The topological polar surface area (TPSA) is 27.7 Å². The minimum absolute atomic E-state index is 0.494. The van der Waals surface area contributed by atoms with Crippen molar-refractivity contribution in [3.8, 4) is 0 Å². The van der Waals surface area contributed by atoms with Crippen LogP contribution in [0.15, 0.2) is 0 Å². The molecule has 0 fully saturated rings. The first kappa shape index (κ1) is 10.1. The van der Waals surface area contributed by atoms with Crippen molar-refractivity contribution in [2.75, 3.05) is 14.2 Å². The highest BCUT2D eigenvalue weighted by Crippen LogP contribution is 2.07. The van der Waals surface area contributed by atoms with Crippen LogP contribution in [0.2, 0.25) is 19.6 Å². The second kappa shape index (κ2) is 4.08. The van der Waals surface area contributed by atoms with Crippen molar-refractivity contribution in [1.29, 1.82) is 0 Å². The van der Waals surface area contributed by atoms with E-state index in [9.17, 15) is 0 Å². The second-order valence-electron chi connectivity index (χ2n) is 2.99.